The van der Waals surface area contributed by atoms with Crippen LogP contribution < -0.4 is 0 Å². The Kier molecular flexibility index (Phi) is 4.55. The fraction of sp³-hybridized carbons (Fsp3) is 0.529. The second kappa shape index (κ2) is 6.58. The predicted molar refractivity (Wildman–Crippen MR) is 84.3 cm³/mol. The van der Waals surface area contributed by atoms with Gasteiger partial charge in [0.05, 0.1) is 5.69 Å². The van der Waals surface area contributed by atoms with Crippen molar-refractivity contribution in [1.82, 2.24) is 14.8 Å². The maximum atomic E-state index is 5.48. The number of benzene rings is 1. The second-order valence-electron chi connectivity index (χ2n) is 5.91. The van der Waals surface area contributed by atoms with E-state index in [9.17, 15) is 0 Å². The van der Waals surface area contributed by atoms with E-state index in [0.717, 1.165) is 43.4 Å². The van der Waals surface area contributed by atoms with Crippen LogP contribution in [-0.4, -0.2) is 35.1 Å². The number of rotatable bonds is 4. The van der Waals surface area contributed by atoms with Crippen LogP contribution >= 0.6 is 0 Å². The summed E-state index contributed by atoms with van der Waals surface area (Å²) in [7, 11) is 1.67. The molecule has 0 atom stereocenters. The topological polar surface area (TPSA) is 49.2 Å². The molecule has 0 N–H and O–H groups in total. The Labute approximate surface area is 131 Å². The highest BCUT2D eigenvalue weighted by molar-refractivity contribution is 5.43. The minimum Gasteiger partial charge on any atom is -0.381 e. The first kappa shape index (κ1) is 15.2. The molecule has 1 aliphatic heterocycles. The van der Waals surface area contributed by atoms with Gasteiger partial charge in [-0.05, 0) is 43.9 Å². The Morgan fingerprint density at radius 2 is 2.05 bits per heavy atom. The third kappa shape index (κ3) is 3.05. The Hall–Kier alpha value is -1.72. The monoisotopic (exact) mass is 301 g/mol. The molecule has 1 aromatic heterocycles. The summed E-state index contributed by atoms with van der Waals surface area (Å²) in [5, 5.41) is 4.69. The Morgan fingerprint density at radius 1 is 1.27 bits per heavy atom. The zero-order valence-corrected chi connectivity index (χ0v) is 13.5. The van der Waals surface area contributed by atoms with Crippen LogP contribution in [0.4, 0.5) is 0 Å². The van der Waals surface area contributed by atoms with Gasteiger partial charge in [0.2, 0.25) is 0 Å². The number of hydrogen-bond donors (Lipinski definition) is 0. The molecule has 22 heavy (non-hydrogen) atoms. The van der Waals surface area contributed by atoms with E-state index in [1.807, 2.05) is 4.68 Å². The average molecular weight is 301 g/mol. The van der Waals surface area contributed by atoms with Crippen LogP contribution in [0.1, 0.15) is 41.5 Å². The SMILES string of the molecule is COCc1nc(C2CCOCC2)n(-c2cc(C)ccc2C)n1. The summed E-state index contributed by atoms with van der Waals surface area (Å²) in [4.78, 5) is 4.74. The third-order valence-electron chi connectivity index (χ3n) is 4.13. The van der Waals surface area contributed by atoms with Gasteiger partial charge in [0.1, 0.15) is 12.4 Å². The van der Waals surface area contributed by atoms with Crippen LogP contribution in [0, 0.1) is 13.8 Å². The first-order chi connectivity index (χ1) is 10.7. The van der Waals surface area contributed by atoms with Crippen LogP contribution in [0.2, 0.25) is 0 Å². The second-order valence-corrected chi connectivity index (χ2v) is 5.91. The number of methoxy groups -OCH3 is 1. The molecule has 0 spiro atoms. The normalized spacial score (nSPS) is 16.1. The summed E-state index contributed by atoms with van der Waals surface area (Å²) < 4.78 is 12.7. The lowest BCUT2D eigenvalue weighted by atomic mass is 9.99. The van der Waals surface area contributed by atoms with Gasteiger partial charge in [-0.15, -0.1) is 5.10 Å². The number of aryl methyl sites for hydroxylation is 2. The quantitative estimate of drug-likeness (QED) is 0.871. The van der Waals surface area contributed by atoms with Gasteiger partial charge in [-0.25, -0.2) is 9.67 Å². The van der Waals surface area contributed by atoms with E-state index in [-0.39, 0.29) is 0 Å². The molecule has 0 saturated carbocycles. The summed E-state index contributed by atoms with van der Waals surface area (Å²) in [6.45, 7) is 6.24. The fourth-order valence-corrected chi connectivity index (χ4v) is 2.90. The Balaban J connectivity index is 2.06. The molecule has 0 bridgehead atoms. The van der Waals surface area contributed by atoms with Crippen molar-refractivity contribution in [2.75, 3.05) is 20.3 Å². The molecule has 1 saturated heterocycles. The zero-order valence-electron chi connectivity index (χ0n) is 13.5. The molecule has 118 valence electrons. The molecule has 0 unspecified atom stereocenters. The van der Waals surface area contributed by atoms with Crippen molar-refractivity contribution in [1.29, 1.82) is 0 Å². The van der Waals surface area contributed by atoms with Gasteiger partial charge in [-0.1, -0.05) is 12.1 Å². The zero-order chi connectivity index (χ0) is 15.5. The number of ether oxygens (including phenoxy) is 2. The van der Waals surface area contributed by atoms with Crippen molar-refractivity contribution < 1.29 is 9.47 Å². The van der Waals surface area contributed by atoms with Crippen molar-refractivity contribution in [3.63, 3.8) is 0 Å². The molecule has 1 fully saturated rings. The van der Waals surface area contributed by atoms with E-state index >= 15 is 0 Å². The number of hydrogen-bond acceptors (Lipinski definition) is 4. The molecule has 2 heterocycles. The molecule has 3 rings (SSSR count). The summed E-state index contributed by atoms with van der Waals surface area (Å²) in [6.07, 6.45) is 1.99. The number of nitrogens with zero attached hydrogens (tertiary/aromatic N) is 3. The van der Waals surface area contributed by atoms with Gasteiger partial charge < -0.3 is 9.47 Å². The van der Waals surface area contributed by atoms with Gasteiger partial charge in [0, 0.05) is 26.2 Å². The lowest BCUT2D eigenvalue weighted by Crippen LogP contribution is -2.18. The van der Waals surface area contributed by atoms with E-state index in [4.69, 9.17) is 14.5 Å². The molecule has 0 aliphatic carbocycles. The summed E-state index contributed by atoms with van der Waals surface area (Å²) >= 11 is 0. The fourth-order valence-electron chi connectivity index (χ4n) is 2.90. The smallest absolute Gasteiger partial charge is 0.176 e. The summed E-state index contributed by atoms with van der Waals surface area (Å²) in [5.74, 6) is 2.17. The molecule has 5 nitrogen and oxygen atoms in total. The van der Waals surface area contributed by atoms with Crippen LogP contribution in [0.15, 0.2) is 18.2 Å². The molecule has 0 amide bonds. The first-order valence-electron chi connectivity index (χ1n) is 7.79. The van der Waals surface area contributed by atoms with Gasteiger partial charge in [0.15, 0.2) is 5.82 Å². The summed E-state index contributed by atoms with van der Waals surface area (Å²) in [6, 6.07) is 6.43. The van der Waals surface area contributed by atoms with Crippen LogP contribution in [0.3, 0.4) is 0 Å². The van der Waals surface area contributed by atoms with Crippen LogP contribution in [0.25, 0.3) is 5.69 Å². The lowest BCUT2D eigenvalue weighted by molar-refractivity contribution is 0.0831. The van der Waals surface area contributed by atoms with Crippen molar-refractivity contribution in [3.05, 3.63) is 41.0 Å². The molecule has 1 aliphatic rings. The van der Waals surface area contributed by atoms with Crippen molar-refractivity contribution in [3.8, 4) is 5.69 Å². The predicted octanol–water partition coefficient (Wildman–Crippen LogP) is 2.92. The van der Waals surface area contributed by atoms with Crippen molar-refractivity contribution >= 4 is 0 Å². The van der Waals surface area contributed by atoms with E-state index < -0.39 is 0 Å². The van der Waals surface area contributed by atoms with Gasteiger partial charge >= 0.3 is 0 Å². The lowest BCUT2D eigenvalue weighted by Gasteiger charge is -2.22. The highest BCUT2D eigenvalue weighted by atomic mass is 16.5. The van der Waals surface area contributed by atoms with Crippen molar-refractivity contribution in [2.45, 2.75) is 39.2 Å². The van der Waals surface area contributed by atoms with Gasteiger partial charge in [0.25, 0.3) is 0 Å². The first-order valence-corrected chi connectivity index (χ1v) is 7.79. The highest BCUT2D eigenvalue weighted by Gasteiger charge is 2.24. The van der Waals surface area contributed by atoms with Crippen LogP contribution in [-0.2, 0) is 16.1 Å². The van der Waals surface area contributed by atoms with E-state index in [1.165, 1.54) is 11.1 Å². The average Bonchev–Trinajstić information content (AvgIpc) is 2.95. The van der Waals surface area contributed by atoms with Gasteiger partial charge in [-0.2, -0.15) is 0 Å². The molecular weight excluding hydrogens is 278 g/mol. The van der Waals surface area contributed by atoms with E-state index in [1.54, 1.807) is 7.11 Å². The van der Waals surface area contributed by atoms with Gasteiger partial charge in [-0.3, -0.25) is 0 Å². The largest absolute Gasteiger partial charge is 0.381 e. The molecule has 5 heteroatoms. The van der Waals surface area contributed by atoms with E-state index in [0.29, 0.717) is 12.5 Å². The highest BCUT2D eigenvalue weighted by Crippen LogP contribution is 2.28. The molecular formula is C17H23N3O2. The minimum atomic E-state index is 0.395. The number of aromatic nitrogens is 3. The minimum absolute atomic E-state index is 0.395. The summed E-state index contributed by atoms with van der Waals surface area (Å²) in [5.41, 5.74) is 3.53. The maximum Gasteiger partial charge on any atom is 0.176 e. The Bertz CT molecular complexity index is 645. The Morgan fingerprint density at radius 3 is 2.77 bits per heavy atom. The molecule has 1 aromatic carbocycles. The van der Waals surface area contributed by atoms with Crippen molar-refractivity contribution in [2.24, 2.45) is 0 Å². The molecule has 0 radical (unpaired) electrons. The van der Waals surface area contributed by atoms with E-state index in [2.05, 4.69) is 37.1 Å². The van der Waals surface area contributed by atoms with Crippen LogP contribution in [0.5, 0.6) is 0 Å². The maximum absolute atomic E-state index is 5.48. The third-order valence-corrected chi connectivity index (χ3v) is 4.13. The standard InChI is InChI=1S/C17H23N3O2/c1-12-4-5-13(2)15(10-12)20-17(14-6-8-22-9-7-14)18-16(19-20)11-21-3/h4-5,10,14H,6-9,11H2,1-3H3. The molecule has 2 aromatic rings.